The quantitative estimate of drug-likeness (QED) is 0.707. The highest BCUT2D eigenvalue weighted by Gasteiger charge is 2.15. The van der Waals surface area contributed by atoms with Crippen LogP contribution in [0, 0.1) is 5.41 Å². The van der Waals surface area contributed by atoms with Gasteiger partial charge in [-0.25, -0.2) is 0 Å². The van der Waals surface area contributed by atoms with Crippen molar-refractivity contribution in [3.05, 3.63) is 28.2 Å². The molecular weight excluding hydrogens is 330 g/mol. The number of rotatable bonds is 3. The van der Waals surface area contributed by atoms with Crippen LogP contribution in [0.4, 0.5) is 5.69 Å². The van der Waals surface area contributed by atoms with Gasteiger partial charge < -0.3 is 4.90 Å². The van der Waals surface area contributed by atoms with Gasteiger partial charge in [0.2, 0.25) is 0 Å². The topological polar surface area (TPSA) is 3.24 Å². The molecule has 0 aliphatic heterocycles. The van der Waals surface area contributed by atoms with Crippen LogP contribution in [0.5, 0.6) is 0 Å². The zero-order chi connectivity index (χ0) is 12.3. The van der Waals surface area contributed by atoms with E-state index in [1.165, 1.54) is 11.3 Å². The molecule has 0 atom stereocenters. The second-order valence-corrected chi connectivity index (χ2v) is 6.80. The maximum Gasteiger partial charge on any atom is 0.0416 e. The van der Waals surface area contributed by atoms with Crippen LogP contribution in [0.3, 0.4) is 0 Å². The normalized spacial score (nSPS) is 11.6. The number of benzene rings is 1. The van der Waals surface area contributed by atoms with Gasteiger partial charge in [-0.3, -0.25) is 0 Å². The first kappa shape index (κ1) is 14.0. The Morgan fingerprint density at radius 3 is 2.38 bits per heavy atom. The molecule has 1 aromatic carbocycles. The lowest BCUT2D eigenvalue weighted by Crippen LogP contribution is -2.29. The van der Waals surface area contributed by atoms with Crippen molar-refractivity contribution in [2.45, 2.75) is 26.1 Å². The Bertz CT molecular complexity index is 355. The molecule has 0 spiro atoms. The van der Waals surface area contributed by atoms with E-state index in [9.17, 15) is 0 Å². The first-order chi connectivity index (χ1) is 7.33. The summed E-state index contributed by atoms with van der Waals surface area (Å²) in [5, 5.41) is 0.893. The van der Waals surface area contributed by atoms with Gasteiger partial charge in [-0.15, -0.1) is 0 Å². The lowest BCUT2D eigenvalue weighted by Gasteiger charge is -2.29. The molecule has 0 aromatic heterocycles. The van der Waals surface area contributed by atoms with Crippen LogP contribution in [0.25, 0.3) is 0 Å². The number of hydrogen-bond donors (Lipinski definition) is 0. The smallest absolute Gasteiger partial charge is 0.0416 e. The summed E-state index contributed by atoms with van der Waals surface area (Å²) in [6.07, 6.45) is 0. The molecule has 90 valence electrons. The van der Waals surface area contributed by atoms with Gasteiger partial charge in [0.15, 0.2) is 0 Å². The van der Waals surface area contributed by atoms with Gasteiger partial charge in [-0.1, -0.05) is 58.7 Å². The van der Waals surface area contributed by atoms with Gasteiger partial charge in [-0.2, -0.15) is 0 Å². The van der Waals surface area contributed by atoms with Crippen molar-refractivity contribution in [2.75, 3.05) is 18.5 Å². The van der Waals surface area contributed by atoms with Gasteiger partial charge in [0.1, 0.15) is 0 Å². The molecule has 3 heteroatoms. The van der Waals surface area contributed by atoms with E-state index in [4.69, 9.17) is 0 Å². The number of alkyl halides is 1. The Kier molecular flexibility index (Phi) is 4.87. The third-order valence-corrected chi connectivity index (χ3v) is 3.41. The molecule has 0 bridgehead atoms. The summed E-state index contributed by atoms with van der Waals surface area (Å²) < 4.78 is 1.13. The molecule has 16 heavy (non-hydrogen) atoms. The summed E-state index contributed by atoms with van der Waals surface area (Å²) in [7, 11) is 2.15. The van der Waals surface area contributed by atoms with E-state index in [0.29, 0.717) is 5.41 Å². The fourth-order valence-electron chi connectivity index (χ4n) is 1.80. The maximum absolute atomic E-state index is 3.54. The van der Waals surface area contributed by atoms with Gasteiger partial charge in [-0.05, 0) is 23.1 Å². The second-order valence-electron chi connectivity index (χ2n) is 5.32. The average molecular weight is 349 g/mol. The highest BCUT2D eigenvalue weighted by Crippen LogP contribution is 2.28. The van der Waals surface area contributed by atoms with Crippen molar-refractivity contribution in [2.24, 2.45) is 5.41 Å². The number of halogens is 2. The van der Waals surface area contributed by atoms with Crippen LogP contribution < -0.4 is 4.90 Å². The Labute approximate surface area is 115 Å². The molecule has 1 nitrogen and oxygen atoms in total. The summed E-state index contributed by atoms with van der Waals surface area (Å²) in [6.45, 7) is 7.82. The second kappa shape index (κ2) is 5.54. The van der Waals surface area contributed by atoms with Gasteiger partial charge in [0.25, 0.3) is 0 Å². The van der Waals surface area contributed by atoms with E-state index in [-0.39, 0.29) is 0 Å². The SMILES string of the molecule is CN(CC(C)(C)C)c1cc(Br)ccc1CBr. The molecule has 0 N–H and O–H groups in total. The summed E-state index contributed by atoms with van der Waals surface area (Å²) in [6, 6.07) is 6.43. The van der Waals surface area contributed by atoms with Gasteiger partial charge >= 0.3 is 0 Å². The third kappa shape index (κ3) is 4.10. The van der Waals surface area contributed by atoms with E-state index >= 15 is 0 Å². The van der Waals surface area contributed by atoms with Crippen LogP contribution in [0.15, 0.2) is 22.7 Å². The minimum Gasteiger partial charge on any atom is -0.374 e. The van der Waals surface area contributed by atoms with Crippen LogP contribution >= 0.6 is 31.9 Å². The Morgan fingerprint density at radius 1 is 1.25 bits per heavy atom. The Hall–Kier alpha value is -0.0200. The molecule has 1 aromatic rings. The van der Waals surface area contributed by atoms with Crippen molar-refractivity contribution in [3.63, 3.8) is 0 Å². The zero-order valence-electron chi connectivity index (χ0n) is 10.3. The fourth-order valence-corrected chi connectivity index (χ4v) is 2.63. The van der Waals surface area contributed by atoms with E-state index in [0.717, 1.165) is 16.3 Å². The minimum absolute atomic E-state index is 0.306. The lowest BCUT2D eigenvalue weighted by molar-refractivity contribution is 0.419. The predicted octanol–water partition coefficient (Wildman–Crippen LogP) is 4.83. The van der Waals surface area contributed by atoms with Crippen molar-refractivity contribution in [1.82, 2.24) is 0 Å². The molecule has 0 saturated heterocycles. The molecule has 0 heterocycles. The monoisotopic (exact) mass is 347 g/mol. The van der Waals surface area contributed by atoms with Crippen molar-refractivity contribution in [3.8, 4) is 0 Å². The van der Waals surface area contributed by atoms with E-state index in [1.54, 1.807) is 0 Å². The molecule has 0 aliphatic rings. The van der Waals surface area contributed by atoms with Crippen LogP contribution in [-0.2, 0) is 5.33 Å². The highest BCUT2D eigenvalue weighted by molar-refractivity contribution is 9.10. The first-order valence-corrected chi connectivity index (χ1v) is 7.30. The molecule has 0 amide bonds. The Balaban J connectivity index is 2.97. The third-order valence-electron chi connectivity index (χ3n) is 2.31. The Morgan fingerprint density at radius 2 is 1.88 bits per heavy atom. The van der Waals surface area contributed by atoms with Crippen LogP contribution in [-0.4, -0.2) is 13.6 Å². The van der Waals surface area contributed by atoms with Gasteiger partial charge in [0, 0.05) is 29.1 Å². The lowest BCUT2D eigenvalue weighted by atomic mass is 9.96. The van der Waals surface area contributed by atoms with E-state index in [2.05, 4.69) is 82.8 Å². The molecule has 0 saturated carbocycles. The molecular formula is C13H19Br2N. The summed E-state index contributed by atoms with van der Waals surface area (Å²) in [5.41, 5.74) is 2.93. The molecule has 1 rings (SSSR count). The zero-order valence-corrected chi connectivity index (χ0v) is 13.5. The number of nitrogens with zero attached hydrogens (tertiary/aromatic N) is 1. The molecule has 0 aliphatic carbocycles. The van der Waals surface area contributed by atoms with Crippen LogP contribution in [0.2, 0.25) is 0 Å². The van der Waals surface area contributed by atoms with Gasteiger partial charge in [0.05, 0.1) is 0 Å². The summed E-state index contributed by atoms with van der Waals surface area (Å²) in [5.74, 6) is 0. The number of hydrogen-bond acceptors (Lipinski definition) is 1. The molecule has 0 fully saturated rings. The predicted molar refractivity (Wildman–Crippen MR) is 79.5 cm³/mol. The highest BCUT2D eigenvalue weighted by atomic mass is 79.9. The maximum atomic E-state index is 3.54. The van der Waals surface area contributed by atoms with Crippen molar-refractivity contribution in [1.29, 1.82) is 0 Å². The average Bonchev–Trinajstić information content (AvgIpc) is 2.15. The van der Waals surface area contributed by atoms with Crippen molar-refractivity contribution < 1.29 is 0 Å². The van der Waals surface area contributed by atoms with E-state index in [1.807, 2.05) is 0 Å². The molecule has 0 unspecified atom stereocenters. The minimum atomic E-state index is 0.306. The number of anilines is 1. The summed E-state index contributed by atoms with van der Waals surface area (Å²) >= 11 is 7.07. The summed E-state index contributed by atoms with van der Waals surface area (Å²) in [4.78, 5) is 2.32. The van der Waals surface area contributed by atoms with Crippen LogP contribution in [0.1, 0.15) is 26.3 Å². The van der Waals surface area contributed by atoms with E-state index < -0.39 is 0 Å². The fraction of sp³-hybridized carbons (Fsp3) is 0.538. The molecule has 0 radical (unpaired) electrons. The largest absolute Gasteiger partial charge is 0.374 e. The standard InChI is InChI=1S/C13H19Br2N/c1-13(2,3)9-16(4)12-7-11(15)6-5-10(12)8-14/h5-7H,8-9H2,1-4H3. The van der Waals surface area contributed by atoms with Crippen molar-refractivity contribution >= 4 is 37.5 Å². The first-order valence-electron chi connectivity index (χ1n) is 5.39.